The van der Waals surface area contributed by atoms with E-state index in [-0.39, 0.29) is 5.91 Å². The number of nitrogens with one attached hydrogen (secondary N) is 1. The molecule has 28 heavy (non-hydrogen) atoms. The molecule has 1 aliphatic heterocycles. The number of benzene rings is 2. The van der Waals surface area contributed by atoms with Crippen LogP contribution in [0.1, 0.15) is 31.2 Å². The molecule has 148 valence electrons. The van der Waals surface area contributed by atoms with Crippen LogP contribution in [0.15, 0.2) is 42.5 Å². The second kappa shape index (κ2) is 6.67. The summed E-state index contributed by atoms with van der Waals surface area (Å²) in [7, 11) is -0.514. The number of rotatable bonds is 3. The van der Waals surface area contributed by atoms with Gasteiger partial charge in [0.05, 0.1) is 16.8 Å². The van der Waals surface area contributed by atoms with E-state index in [2.05, 4.69) is 5.32 Å². The topological polar surface area (TPSA) is 69.7 Å². The van der Waals surface area contributed by atoms with Gasteiger partial charge >= 0.3 is 10.2 Å². The van der Waals surface area contributed by atoms with E-state index in [1.807, 2.05) is 24.3 Å². The SMILES string of the molecule is CN1c2ccc(NC(=O)C3(c4ccc(Cl)cc4)CCCC3)cc2N(C)S1(=O)=O. The minimum absolute atomic E-state index is 0.0656. The predicted octanol–water partition coefficient (Wildman–Crippen LogP) is 3.92. The van der Waals surface area contributed by atoms with Gasteiger partial charge in [0.25, 0.3) is 0 Å². The summed E-state index contributed by atoms with van der Waals surface area (Å²) in [6, 6.07) is 12.6. The second-order valence-corrected chi connectivity index (χ2v) is 9.82. The molecular weight excluding hydrogens is 398 g/mol. The molecule has 0 aromatic heterocycles. The monoisotopic (exact) mass is 419 g/mol. The summed E-state index contributed by atoms with van der Waals surface area (Å²) in [5.41, 5.74) is 2.10. The summed E-state index contributed by atoms with van der Waals surface area (Å²) in [6.45, 7) is 0. The van der Waals surface area contributed by atoms with E-state index in [1.54, 1.807) is 18.2 Å². The summed E-state index contributed by atoms with van der Waals surface area (Å²) >= 11 is 6.02. The number of hydrogen-bond donors (Lipinski definition) is 1. The Morgan fingerprint density at radius 3 is 2.25 bits per heavy atom. The number of amides is 1. The first-order valence-corrected chi connectivity index (χ1v) is 11.0. The van der Waals surface area contributed by atoms with Crippen molar-refractivity contribution >= 4 is 44.8 Å². The molecular formula is C20H22ClN3O3S. The molecule has 1 amide bonds. The van der Waals surface area contributed by atoms with Crippen molar-refractivity contribution in [2.45, 2.75) is 31.1 Å². The Bertz CT molecular complexity index is 1030. The normalized spacial score (nSPS) is 19.5. The van der Waals surface area contributed by atoms with Gasteiger partial charge in [-0.05, 0) is 48.7 Å². The van der Waals surface area contributed by atoms with Crippen LogP contribution < -0.4 is 13.9 Å². The van der Waals surface area contributed by atoms with E-state index < -0.39 is 15.6 Å². The number of anilines is 3. The predicted molar refractivity (Wildman–Crippen MR) is 112 cm³/mol. The highest BCUT2D eigenvalue weighted by Crippen LogP contribution is 2.44. The van der Waals surface area contributed by atoms with E-state index in [4.69, 9.17) is 11.6 Å². The minimum Gasteiger partial charge on any atom is -0.325 e. The molecule has 0 bridgehead atoms. The molecule has 8 heteroatoms. The first kappa shape index (κ1) is 19.1. The standard InChI is InChI=1S/C20H22ClN3O3S/c1-23-17-10-9-16(13-18(17)24(2)28(23,26)27)22-19(25)20(11-3-4-12-20)14-5-7-15(21)8-6-14/h5-10,13H,3-4,11-12H2,1-2H3,(H,22,25). The molecule has 0 saturated heterocycles. The fourth-order valence-corrected chi connectivity index (χ4v) is 5.49. The van der Waals surface area contributed by atoms with Gasteiger partial charge in [0.15, 0.2) is 0 Å². The Morgan fingerprint density at radius 1 is 1.00 bits per heavy atom. The summed E-state index contributed by atoms with van der Waals surface area (Å²) in [5, 5.41) is 3.66. The fourth-order valence-electron chi connectivity index (χ4n) is 4.20. The maximum absolute atomic E-state index is 13.3. The molecule has 0 atom stereocenters. The van der Waals surface area contributed by atoms with Crippen LogP contribution >= 0.6 is 11.6 Å². The molecule has 1 aliphatic carbocycles. The Hall–Kier alpha value is -2.25. The lowest BCUT2D eigenvalue weighted by atomic mass is 9.78. The highest BCUT2D eigenvalue weighted by Gasteiger charge is 2.43. The van der Waals surface area contributed by atoms with Crippen LogP contribution in [0, 0.1) is 0 Å². The molecule has 4 rings (SSSR count). The Morgan fingerprint density at radius 2 is 1.61 bits per heavy atom. The average Bonchev–Trinajstić information content (AvgIpc) is 3.23. The van der Waals surface area contributed by atoms with Crippen LogP contribution in [0.5, 0.6) is 0 Å². The van der Waals surface area contributed by atoms with E-state index in [9.17, 15) is 13.2 Å². The van der Waals surface area contributed by atoms with Crippen LogP contribution in [0.2, 0.25) is 5.02 Å². The smallest absolute Gasteiger partial charge is 0.325 e. The van der Waals surface area contributed by atoms with Crippen molar-refractivity contribution < 1.29 is 13.2 Å². The molecule has 1 saturated carbocycles. The van der Waals surface area contributed by atoms with E-state index >= 15 is 0 Å². The lowest BCUT2D eigenvalue weighted by Crippen LogP contribution is -2.38. The summed E-state index contributed by atoms with van der Waals surface area (Å²) in [5.74, 6) is -0.0656. The van der Waals surface area contributed by atoms with Gasteiger partial charge in [-0.2, -0.15) is 8.42 Å². The van der Waals surface area contributed by atoms with Crippen LogP contribution in [-0.4, -0.2) is 28.4 Å². The van der Waals surface area contributed by atoms with E-state index in [0.717, 1.165) is 31.2 Å². The van der Waals surface area contributed by atoms with E-state index in [0.29, 0.717) is 22.1 Å². The zero-order chi connectivity index (χ0) is 20.1. The number of carbonyl (C=O) groups excluding carboxylic acids is 1. The van der Waals surface area contributed by atoms with Crippen molar-refractivity contribution in [2.24, 2.45) is 0 Å². The third-order valence-corrected chi connectivity index (χ3v) is 7.92. The van der Waals surface area contributed by atoms with Gasteiger partial charge in [0.1, 0.15) is 0 Å². The van der Waals surface area contributed by atoms with Gasteiger partial charge in [-0.15, -0.1) is 0 Å². The van der Waals surface area contributed by atoms with Crippen molar-refractivity contribution in [3.05, 3.63) is 53.1 Å². The molecule has 0 unspecified atom stereocenters. The van der Waals surface area contributed by atoms with Crippen LogP contribution in [0.3, 0.4) is 0 Å². The summed E-state index contributed by atoms with van der Waals surface area (Å²) in [6.07, 6.45) is 3.54. The van der Waals surface area contributed by atoms with Crippen molar-refractivity contribution in [1.82, 2.24) is 0 Å². The maximum atomic E-state index is 13.3. The average molecular weight is 420 g/mol. The minimum atomic E-state index is -3.54. The Labute approximate surface area is 170 Å². The summed E-state index contributed by atoms with van der Waals surface area (Å²) in [4.78, 5) is 13.3. The third kappa shape index (κ3) is 2.84. The summed E-state index contributed by atoms with van der Waals surface area (Å²) < 4.78 is 27.1. The number of fused-ring (bicyclic) bond motifs is 1. The van der Waals surface area contributed by atoms with Gasteiger partial charge in [-0.1, -0.05) is 36.6 Å². The van der Waals surface area contributed by atoms with Gasteiger partial charge in [0, 0.05) is 24.8 Å². The van der Waals surface area contributed by atoms with Crippen LogP contribution in [-0.2, 0) is 20.4 Å². The Kier molecular flexibility index (Phi) is 4.55. The van der Waals surface area contributed by atoms with Crippen molar-refractivity contribution in [2.75, 3.05) is 28.0 Å². The number of nitrogens with zero attached hydrogens (tertiary/aromatic N) is 2. The molecule has 0 spiro atoms. The number of halogens is 1. The maximum Gasteiger partial charge on any atom is 0.326 e. The molecule has 6 nitrogen and oxygen atoms in total. The highest BCUT2D eigenvalue weighted by molar-refractivity contribution is 7.94. The number of hydrogen-bond acceptors (Lipinski definition) is 3. The highest BCUT2D eigenvalue weighted by atomic mass is 35.5. The lowest BCUT2D eigenvalue weighted by molar-refractivity contribution is -0.121. The first-order valence-electron chi connectivity index (χ1n) is 9.20. The van der Waals surface area contributed by atoms with E-state index in [1.165, 1.54) is 22.7 Å². The molecule has 1 heterocycles. The van der Waals surface area contributed by atoms with Gasteiger partial charge in [-0.3, -0.25) is 13.4 Å². The zero-order valence-corrected chi connectivity index (χ0v) is 17.3. The molecule has 2 aliphatic rings. The lowest BCUT2D eigenvalue weighted by Gasteiger charge is -2.28. The molecule has 1 fully saturated rings. The van der Waals surface area contributed by atoms with Crippen molar-refractivity contribution in [3.8, 4) is 0 Å². The Balaban J connectivity index is 1.65. The number of carbonyl (C=O) groups is 1. The van der Waals surface area contributed by atoms with Crippen molar-refractivity contribution in [1.29, 1.82) is 0 Å². The van der Waals surface area contributed by atoms with Gasteiger partial charge in [0.2, 0.25) is 5.91 Å². The quantitative estimate of drug-likeness (QED) is 0.819. The second-order valence-electron chi connectivity index (χ2n) is 7.40. The largest absolute Gasteiger partial charge is 0.326 e. The van der Waals surface area contributed by atoms with Gasteiger partial charge < -0.3 is 5.32 Å². The molecule has 0 radical (unpaired) electrons. The van der Waals surface area contributed by atoms with Gasteiger partial charge in [-0.25, -0.2) is 0 Å². The molecule has 1 N–H and O–H groups in total. The first-order chi connectivity index (χ1) is 13.3. The molecule has 2 aromatic carbocycles. The zero-order valence-electron chi connectivity index (χ0n) is 15.8. The van der Waals surface area contributed by atoms with Crippen molar-refractivity contribution in [3.63, 3.8) is 0 Å². The third-order valence-electron chi connectivity index (χ3n) is 5.89. The molecule has 2 aromatic rings. The fraction of sp³-hybridized carbons (Fsp3) is 0.350. The van der Waals surface area contributed by atoms with Crippen LogP contribution in [0.4, 0.5) is 17.1 Å². The van der Waals surface area contributed by atoms with Crippen LogP contribution in [0.25, 0.3) is 0 Å².